The molecule has 4 unspecified atom stereocenters. The van der Waals surface area contributed by atoms with E-state index in [0.717, 1.165) is 44.9 Å². The maximum Gasteiger partial charge on any atom is 0.233 e. The first-order valence-electron chi connectivity index (χ1n) is 9.88. The van der Waals surface area contributed by atoms with E-state index in [2.05, 4.69) is 12.1 Å². The van der Waals surface area contributed by atoms with Gasteiger partial charge in [-0.05, 0) is 43.2 Å². The van der Waals surface area contributed by atoms with E-state index in [0.29, 0.717) is 0 Å². The first kappa shape index (κ1) is 17.7. The number of carbonyl (C=O) groups is 2. The van der Waals surface area contributed by atoms with E-state index in [4.69, 9.17) is 4.74 Å². The number of hydrogen-bond acceptors (Lipinski definition) is 4. The minimum absolute atomic E-state index is 0.0119. The molecule has 5 heteroatoms. The molecule has 140 valence electrons. The summed E-state index contributed by atoms with van der Waals surface area (Å²) >= 11 is 0. The largest absolute Gasteiger partial charge is 0.389 e. The summed E-state index contributed by atoms with van der Waals surface area (Å²) in [6.45, 7) is 0.199. The number of likely N-dealkylation sites (tertiary alicyclic amines) is 1. The smallest absolute Gasteiger partial charge is 0.233 e. The molecule has 1 aromatic carbocycles. The third kappa shape index (κ3) is 3.30. The highest BCUT2D eigenvalue weighted by Crippen LogP contribution is 2.38. The zero-order chi connectivity index (χ0) is 18.1. The standard InChI is InChI=1S/C21H27NO4/c23-15(12-22-20(24)17-9-3-4-10-18(17)21(22)25)13-26-19-11-5-7-14-6-1-2-8-16(14)19/h1-2,6,8,15,17-19,23H,3-5,7,9-13H2. The fourth-order valence-corrected chi connectivity index (χ4v) is 4.78. The quantitative estimate of drug-likeness (QED) is 0.823. The fraction of sp³-hybridized carbons (Fsp3) is 0.619. The van der Waals surface area contributed by atoms with Gasteiger partial charge in [-0.15, -0.1) is 0 Å². The van der Waals surface area contributed by atoms with E-state index in [-0.39, 0.29) is 42.9 Å². The Morgan fingerprint density at radius 2 is 1.73 bits per heavy atom. The van der Waals surface area contributed by atoms with Gasteiger partial charge in [0.25, 0.3) is 0 Å². The normalized spacial score (nSPS) is 29.4. The molecule has 2 aliphatic carbocycles. The van der Waals surface area contributed by atoms with Crippen molar-refractivity contribution in [1.29, 1.82) is 0 Å². The van der Waals surface area contributed by atoms with Gasteiger partial charge in [0.15, 0.2) is 0 Å². The Balaban J connectivity index is 1.34. The lowest BCUT2D eigenvalue weighted by Gasteiger charge is -2.27. The Morgan fingerprint density at radius 1 is 1.04 bits per heavy atom. The molecule has 3 aliphatic rings. The number of β-amino-alcohol motifs (C(OH)–C–C–N with tert-alkyl or cyclic N) is 1. The third-order valence-corrected chi connectivity index (χ3v) is 6.13. The van der Waals surface area contributed by atoms with E-state index in [1.807, 2.05) is 12.1 Å². The highest BCUT2D eigenvalue weighted by molar-refractivity contribution is 6.05. The Labute approximate surface area is 154 Å². The number of benzene rings is 1. The van der Waals surface area contributed by atoms with Gasteiger partial charge in [-0.3, -0.25) is 14.5 Å². The molecule has 2 amide bonds. The van der Waals surface area contributed by atoms with E-state index in [9.17, 15) is 14.7 Å². The van der Waals surface area contributed by atoms with Crippen LogP contribution in [-0.2, 0) is 20.7 Å². The molecule has 1 heterocycles. The molecule has 1 saturated heterocycles. The summed E-state index contributed by atoms with van der Waals surface area (Å²) in [5, 5.41) is 10.4. The number of nitrogens with zero attached hydrogens (tertiary/aromatic N) is 1. The van der Waals surface area contributed by atoms with Crippen LogP contribution in [0.15, 0.2) is 24.3 Å². The van der Waals surface area contributed by atoms with Crippen molar-refractivity contribution in [3.63, 3.8) is 0 Å². The predicted molar refractivity (Wildman–Crippen MR) is 96.2 cm³/mol. The lowest BCUT2D eigenvalue weighted by molar-refractivity contribution is -0.142. The fourth-order valence-electron chi connectivity index (χ4n) is 4.78. The molecule has 4 atom stereocenters. The number of ether oxygens (including phenoxy) is 1. The van der Waals surface area contributed by atoms with Crippen LogP contribution in [0, 0.1) is 11.8 Å². The van der Waals surface area contributed by atoms with Crippen molar-refractivity contribution in [2.45, 2.75) is 57.2 Å². The lowest BCUT2D eigenvalue weighted by Crippen LogP contribution is -2.39. The topological polar surface area (TPSA) is 66.8 Å². The second kappa shape index (κ2) is 7.49. The van der Waals surface area contributed by atoms with Gasteiger partial charge in [0.05, 0.1) is 37.2 Å². The monoisotopic (exact) mass is 357 g/mol. The Bertz CT molecular complexity index is 664. The molecule has 1 saturated carbocycles. The summed E-state index contributed by atoms with van der Waals surface area (Å²) in [7, 11) is 0. The van der Waals surface area contributed by atoms with E-state index >= 15 is 0 Å². The minimum Gasteiger partial charge on any atom is -0.389 e. The number of rotatable bonds is 5. The number of aliphatic hydroxyl groups excluding tert-OH is 1. The first-order chi connectivity index (χ1) is 12.6. The SMILES string of the molecule is O=C1C2CCCCC2C(=O)N1CC(O)COC1CCCc2ccccc21. The first-order valence-corrected chi connectivity index (χ1v) is 9.88. The summed E-state index contributed by atoms with van der Waals surface area (Å²) in [4.78, 5) is 26.3. The molecule has 2 fully saturated rings. The van der Waals surface area contributed by atoms with Gasteiger partial charge in [-0.25, -0.2) is 0 Å². The molecular weight excluding hydrogens is 330 g/mol. The van der Waals surface area contributed by atoms with E-state index in [1.54, 1.807) is 0 Å². The second-order valence-electron chi connectivity index (χ2n) is 7.85. The summed E-state index contributed by atoms with van der Waals surface area (Å²) in [6, 6.07) is 8.27. The number of imide groups is 1. The molecule has 1 N–H and O–H groups in total. The maximum atomic E-state index is 12.5. The van der Waals surface area contributed by atoms with Crippen LogP contribution in [0.1, 0.15) is 55.8 Å². The van der Waals surface area contributed by atoms with Crippen molar-refractivity contribution >= 4 is 11.8 Å². The Morgan fingerprint density at radius 3 is 2.46 bits per heavy atom. The molecule has 0 radical (unpaired) electrons. The van der Waals surface area contributed by atoms with E-state index < -0.39 is 6.10 Å². The molecule has 1 aliphatic heterocycles. The molecule has 0 aromatic heterocycles. The number of aliphatic hydroxyl groups is 1. The van der Waals surface area contributed by atoms with Gasteiger partial charge in [-0.2, -0.15) is 0 Å². The average molecular weight is 357 g/mol. The highest BCUT2D eigenvalue weighted by atomic mass is 16.5. The zero-order valence-electron chi connectivity index (χ0n) is 15.1. The minimum atomic E-state index is -0.836. The van der Waals surface area contributed by atoms with Crippen LogP contribution in [0.5, 0.6) is 0 Å². The number of amides is 2. The van der Waals surface area contributed by atoms with Crippen LogP contribution in [0.3, 0.4) is 0 Å². The molecular formula is C21H27NO4. The van der Waals surface area contributed by atoms with Gasteiger partial charge >= 0.3 is 0 Å². The van der Waals surface area contributed by atoms with Crippen LogP contribution < -0.4 is 0 Å². The molecule has 1 aromatic rings. The number of aryl methyl sites for hydroxylation is 1. The average Bonchev–Trinajstić information content (AvgIpc) is 2.91. The van der Waals surface area contributed by atoms with Crippen molar-refractivity contribution in [2.75, 3.05) is 13.2 Å². The van der Waals surface area contributed by atoms with E-state index in [1.165, 1.54) is 16.0 Å². The van der Waals surface area contributed by atoms with Gasteiger partial charge in [0, 0.05) is 0 Å². The van der Waals surface area contributed by atoms with Crippen LogP contribution in [0.25, 0.3) is 0 Å². The second-order valence-corrected chi connectivity index (χ2v) is 7.85. The van der Waals surface area contributed by atoms with Crippen molar-refractivity contribution in [3.8, 4) is 0 Å². The lowest BCUT2D eigenvalue weighted by atomic mass is 9.81. The summed E-state index contributed by atoms with van der Waals surface area (Å²) in [6.07, 6.45) is 5.87. The molecule has 5 nitrogen and oxygen atoms in total. The molecule has 0 spiro atoms. The van der Waals surface area contributed by atoms with Gasteiger partial charge in [0.2, 0.25) is 11.8 Å². The third-order valence-electron chi connectivity index (χ3n) is 6.13. The van der Waals surface area contributed by atoms with Crippen molar-refractivity contribution in [1.82, 2.24) is 4.90 Å². The number of fused-ring (bicyclic) bond motifs is 2. The van der Waals surface area contributed by atoms with Crippen LogP contribution in [0.4, 0.5) is 0 Å². The predicted octanol–water partition coefficient (Wildman–Crippen LogP) is 2.62. The van der Waals surface area contributed by atoms with Crippen molar-refractivity contribution in [3.05, 3.63) is 35.4 Å². The maximum absolute atomic E-state index is 12.5. The summed E-state index contributed by atoms with van der Waals surface area (Å²) in [5.74, 6) is -0.507. The molecule has 0 bridgehead atoms. The number of hydrogen-bond donors (Lipinski definition) is 1. The van der Waals surface area contributed by atoms with Crippen molar-refractivity contribution in [2.24, 2.45) is 11.8 Å². The van der Waals surface area contributed by atoms with Gasteiger partial charge in [-0.1, -0.05) is 37.1 Å². The van der Waals surface area contributed by atoms with Crippen molar-refractivity contribution < 1.29 is 19.4 Å². The zero-order valence-corrected chi connectivity index (χ0v) is 15.1. The summed E-state index contributed by atoms with van der Waals surface area (Å²) in [5.41, 5.74) is 2.51. The Hall–Kier alpha value is -1.72. The van der Waals surface area contributed by atoms with Crippen LogP contribution in [0.2, 0.25) is 0 Å². The molecule has 4 rings (SSSR count). The van der Waals surface area contributed by atoms with Gasteiger partial charge < -0.3 is 9.84 Å². The number of carbonyl (C=O) groups excluding carboxylic acids is 2. The Kier molecular flexibility index (Phi) is 5.09. The van der Waals surface area contributed by atoms with Gasteiger partial charge in [0.1, 0.15) is 0 Å². The van der Waals surface area contributed by atoms with Crippen LogP contribution in [-0.4, -0.2) is 41.1 Å². The molecule has 26 heavy (non-hydrogen) atoms. The summed E-state index contributed by atoms with van der Waals surface area (Å²) < 4.78 is 5.97. The van der Waals surface area contributed by atoms with Crippen LogP contribution >= 0.6 is 0 Å². The highest BCUT2D eigenvalue weighted by Gasteiger charge is 2.48.